The van der Waals surface area contributed by atoms with Crippen molar-refractivity contribution >= 4 is 22.5 Å². The Morgan fingerprint density at radius 1 is 1.36 bits per heavy atom. The van der Waals surface area contributed by atoms with E-state index in [1.54, 1.807) is 0 Å². The molecule has 8 heteroatoms. The van der Waals surface area contributed by atoms with Crippen LogP contribution in [0.3, 0.4) is 0 Å². The molecule has 0 radical (unpaired) electrons. The minimum absolute atomic E-state index is 0.0434. The van der Waals surface area contributed by atoms with Crippen LogP contribution in [0.15, 0.2) is 6.20 Å². The number of hydrogen-bond donors (Lipinski definition) is 2. The lowest BCUT2D eigenvalue weighted by molar-refractivity contribution is -0.203. The highest BCUT2D eigenvalue weighted by molar-refractivity contribution is 6.31. The van der Waals surface area contributed by atoms with E-state index >= 15 is 0 Å². The van der Waals surface area contributed by atoms with Crippen molar-refractivity contribution in [3.63, 3.8) is 0 Å². The van der Waals surface area contributed by atoms with Gasteiger partial charge >= 0.3 is 0 Å². The van der Waals surface area contributed by atoms with Crippen LogP contribution < -0.4 is 0 Å². The van der Waals surface area contributed by atoms with E-state index in [4.69, 9.17) is 11.6 Å². The lowest BCUT2D eigenvalue weighted by atomic mass is 9.60. The number of H-pyrrole nitrogens is 1. The number of nitrogens with one attached hydrogen (secondary N) is 1. The van der Waals surface area contributed by atoms with Crippen molar-refractivity contribution in [1.29, 1.82) is 0 Å². The van der Waals surface area contributed by atoms with Gasteiger partial charge in [-0.2, -0.15) is 5.10 Å². The predicted octanol–water partition coefficient (Wildman–Crippen LogP) is 4.35. The van der Waals surface area contributed by atoms with E-state index in [0.717, 1.165) is 6.20 Å². The first-order valence-corrected chi connectivity index (χ1v) is 7.14. The van der Waals surface area contributed by atoms with E-state index in [9.17, 15) is 22.7 Å². The van der Waals surface area contributed by atoms with E-state index < -0.39 is 39.7 Å². The van der Waals surface area contributed by atoms with Gasteiger partial charge in [0, 0.05) is 12.5 Å². The van der Waals surface area contributed by atoms with Gasteiger partial charge in [-0.15, -0.1) is 0 Å². The lowest BCUT2D eigenvalue weighted by Crippen LogP contribution is -2.49. The van der Waals surface area contributed by atoms with Crippen LogP contribution in [0.5, 0.6) is 0 Å². The highest BCUT2D eigenvalue weighted by Gasteiger charge is 2.59. The number of hydrogen-bond acceptors (Lipinski definition) is 2. The van der Waals surface area contributed by atoms with Gasteiger partial charge in [-0.05, 0) is 12.8 Å². The third kappa shape index (κ3) is 1.88. The quantitative estimate of drug-likeness (QED) is 0.646. The molecular weight excluding hydrogens is 324 g/mol. The second-order valence-corrected chi connectivity index (χ2v) is 6.19. The van der Waals surface area contributed by atoms with E-state index in [2.05, 4.69) is 10.2 Å². The van der Waals surface area contributed by atoms with Crippen molar-refractivity contribution < 1.29 is 22.7 Å². The molecule has 0 saturated heterocycles. The van der Waals surface area contributed by atoms with Gasteiger partial charge in [-0.3, -0.25) is 5.10 Å². The van der Waals surface area contributed by atoms with Gasteiger partial charge in [-0.1, -0.05) is 18.0 Å². The summed E-state index contributed by atoms with van der Waals surface area (Å²) in [6.45, 7) is 0.697. The summed E-state index contributed by atoms with van der Waals surface area (Å²) < 4.78 is 56.2. The first kappa shape index (κ1) is 15.6. The maximum Gasteiger partial charge on any atom is 0.253 e. The van der Waals surface area contributed by atoms with Crippen LogP contribution in [0.4, 0.5) is 17.6 Å². The Kier molecular flexibility index (Phi) is 3.41. The highest BCUT2D eigenvalue weighted by atomic mass is 35.5. The Morgan fingerprint density at radius 3 is 2.50 bits per heavy atom. The van der Waals surface area contributed by atoms with Crippen LogP contribution in [0.25, 0.3) is 10.9 Å². The summed E-state index contributed by atoms with van der Waals surface area (Å²) in [5.74, 6) is -5.49. The molecule has 3 rings (SSSR count). The Bertz CT molecular complexity index is 736. The molecule has 1 unspecified atom stereocenters. The summed E-state index contributed by atoms with van der Waals surface area (Å²) in [6, 6.07) is 0. The van der Waals surface area contributed by atoms with Crippen LogP contribution in [0, 0.1) is 17.0 Å². The number of benzene rings is 1. The molecule has 1 aliphatic rings. The molecule has 120 valence electrons. The number of aliphatic hydroxyl groups excluding tert-OH is 1. The zero-order valence-electron chi connectivity index (χ0n) is 11.6. The molecule has 1 aliphatic carbocycles. The monoisotopic (exact) mass is 336 g/mol. The molecule has 1 aromatic carbocycles. The van der Waals surface area contributed by atoms with E-state index in [-0.39, 0.29) is 23.7 Å². The first-order valence-electron chi connectivity index (χ1n) is 6.76. The van der Waals surface area contributed by atoms with Gasteiger partial charge in [0.1, 0.15) is 5.02 Å². The number of halogens is 5. The summed E-state index contributed by atoms with van der Waals surface area (Å²) >= 11 is 5.60. The standard InChI is InChI=1S/C14H13ClF4N2O/c1-13(18,19)14(3-2-4-14)12(22)7-10(17)8(15)9(16)6-5-20-21-11(6)7/h5,12,22H,2-4H2,1H3,(H,20,21). The smallest absolute Gasteiger partial charge is 0.253 e. The van der Waals surface area contributed by atoms with Gasteiger partial charge in [-0.25, -0.2) is 17.6 Å². The molecule has 1 fully saturated rings. The van der Waals surface area contributed by atoms with Crippen LogP contribution in [-0.4, -0.2) is 21.2 Å². The van der Waals surface area contributed by atoms with Crippen LogP contribution in [0.1, 0.15) is 37.9 Å². The fourth-order valence-corrected chi connectivity index (χ4v) is 3.35. The molecule has 1 heterocycles. The van der Waals surface area contributed by atoms with Crippen molar-refractivity contribution in [2.75, 3.05) is 0 Å². The van der Waals surface area contributed by atoms with E-state index in [0.29, 0.717) is 13.3 Å². The van der Waals surface area contributed by atoms with Crippen molar-refractivity contribution in [2.45, 2.75) is 38.2 Å². The maximum absolute atomic E-state index is 14.4. The average molecular weight is 337 g/mol. The predicted molar refractivity (Wildman–Crippen MR) is 72.9 cm³/mol. The number of fused-ring (bicyclic) bond motifs is 1. The summed E-state index contributed by atoms with van der Waals surface area (Å²) in [5.41, 5.74) is -2.39. The zero-order valence-corrected chi connectivity index (χ0v) is 12.3. The molecule has 1 saturated carbocycles. The molecule has 0 bridgehead atoms. The SMILES string of the molecule is CC(F)(F)C1(C(O)c2c(F)c(Cl)c(F)c3cn[nH]c23)CCC1. The summed E-state index contributed by atoms with van der Waals surface area (Å²) in [6.07, 6.45) is -0.154. The Hall–Kier alpha value is -1.34. The molecule has 22 heavy (non-hydrogen) atoms. The highest BCUT2D eigenvalue weighted by Crippen LogP contribution is 2.60. The second kappa shape index (κ2) is 4.83. The van der Waals surface area contributed by atoms with Gasteiger partial charge in [0.05, 0.1) is 28.6 Å². The number of nitrogens with zero attached hydrogens (tertiary/aromatic N) is 1. The molecule has 2 N–H and O–H groups in total. The molecule has 2 aromatic rings. The Labute approximate surface area is 128 Å². The maximum atomic E-state index is 14.4. The van der Waals surface area contributed by atoms with Crippen LogP contribution in [0.2, 0.25) is 5.02 Å². The Balaban J connectivity index is 2.24. The number of aromatic nitrogens is 2. The number of alkyl halides is 2. The lowest BCUT2D eigenvalue weighted by Gasteiger charge is -2.49. The minimum atomic E-state index is -3.22. The van der Waals surface area contributed by atoms with Gasteiger partial charge < -0.3 is 5.11 Å². The van der Waals surface area contributed by atoms with Crippen molar-refractivity contribution in [1.82, 2.24) is 10.2 Å². The summed E-state index contributed by atoms with van der Waals surface area (Å²) in [4.78, 5) is 0. The largest absolute Gasteiger partial charge is 0.387 e. The number of aliphatic hydroxyl groups is 1. The zero-order chi connectivity index (χ0) is 16.3. The number of aromatic amines is 1. The average Bonchev–Trinajstić information content (AvgIpc) is 2.82. The van der Waals surface area contributed by atoms with Crippen molar-refractivity contribution in [3.05, 3.63) is 28.4 Å². The topological polar surface area (TPSA) is 48.9 Å². The molecular formula is C14H13ClF4N2O. The van der Waals surface area contributed by atoms with Crippen LogP contribution >= 0.6 is 11.6 Å². The first-order chi connectivity index (χ1) is 10.2. The fourth-order valence-electron chi connectivity index (χ4n) is 3.14. The molecule has 1 aromatic heterocycles. The molecule has 3 nitrogen and oxygen atoms in total. The van der Waals surface area contributed by atoms with Gasteiger partial charge in [0.15, 0.2) is 11.6 Å². The summed E-state index contributed by atoms with van der Waals surface area (Å²) in [5, 5.41) is 15.5. The van der Waals surface area contributed by atoms with E-state index in [1.165, 1.54) is 0 Å². The summed E-state index contributed by atoms with van der Waals surface area (Å²) in [7, 11) is 0. The molecule has 0 aliphatic heterocycles. The second-order valence-electron chi connectivity index (χ2n) is 5.81. The third-order valence-corrected chi connectivity index (χ3v) is 5.02. The van der Waals surface area contributed by atoms with Crippen LogP contribution in [-0.2, 0) is 0 Å². The number of rotatable bonds is 3. The normalized spacial score (nSPS) is 19.2. The van der Waals surface area contributed by atoms with E-state index in [1.807, 2.05) is 0 Å². The molecule has 0 spiro atoms. The van der Waals surface area contributed by atoms with Crippen molar-refractivity contribution in [2.24, 2.45) is 5.41 Å². The third-order valence-electron chi connectivity index (χ3n) is 4.68. The minimum Gasteiger partial charge on any atom is -0.387 e. The molecule has 1 atom stereocenters. The van der Waals surface area contributed by atoms with Gasteiger partial charge in [0.2, 0.25) is 0 Å². The fraction of sp³-hybridized carbons (Fsp3) is 0.500. The molecule has 0 amide bonds. The Morgan fingerprint density at radius 2 is 2.00 bits per heavy atom. The van der Waals surface area contributed by atoms with Crippen molar-refractivity contribution in [3.8, 4) is 0 Å². The van der Waals surface area contributed by atoms with Gasteiger partial charge in [0.25, 0.3) is 5.92 Å².